The number of phenolic OH excluding ortho intramolecular Hbond substituents is 2. The van der Waals surface area contributed by atoms with Gasteiger partial charge in [0.05, 0.1) is 0 Å². The molecule has 3 heteroatoms. The van der Waals surface area contributed by atoms with Crippen LogP contribution in [-0.2, 0) is 0 Å². The van der Waals surface area contributed by atoms with Crippen LogP contribution < -0.4 is 0 Å². The molecule has 0 aromatic heterocycles. The van der Waals surface area contributed by atoms with Crippen LogP contribution in [0.3, 0.4) is 0 Å². The Labute approximate surface area is 97.0 Å². The zero-order valence-electron chi connectivity index (χ0n) is 7.97. The smallest absolute Gasteiger partial charge is 0.116 e. The summed E-state index contributed by atoms with van der Waals surface area (Å²) in [6, 6.07) is 15.6. The van der Waals surface area contributed by atoms with Crippen LogP contribution >= 0.6 is 15.9 Å². The fourth-order valence-corrected chi connectivity index (χ4v) is 1.29. The average Bonchev–Trinajstić information content (AvgIpc) is 2.19. The minimum absolute atomic E-state index is 0.291. The highest BCUT2D eigenvalue weighted by Gasteiger charge is 1.84. The summed E-state index contributed by atoms with van der Waals surface area (Å²) in [5.41, 5.74) is 0. The molecule has 0 spiro atoms. The maximum Gasteiger partial charge on any atom is 0.116 e. The van der Waals surface area contributed by atoms with Gasteiger partial charge in [-0.2, -0.15) is 0 Å². The molecule has 15 heavy (non-hydrogen) atoms. The normalized spacial score (nSPS) is 8.87. The first-order valence-electron chi connectivity index (χ1n) is 4.37. The van der Waals surface area contributed by atoms with E-state index in [1.54, 1.807) is 42.5 Å². The molecule has 0 aliphatic heterocycles. The number of benzene rings is 2. The molecule has 0 fully saturated rings. The van der Waals surface area contributed by atoms with Crippen LogP contribution in [0.4, 0.5) is 0 Å². The summed E-state index contributed by atoms with van der Waals surface area (Å²) in [4.78, 5) is 0. The number of hydrogen-bond acceptors (Lipinski definition) is 2. The zero-order chi connectivity index (χ0) is 11.1. The summed E-state index contributed by atoms with van der Waals surface area (Å²) in [6.45, 7) is 0. The van der Waals surface area contributed by atoms with Crippen molar-refractivity contribution in [3.63, 3.8) is 0 Å². The monoisotopic (exact) mass is 266 g/mol. The van der Waals surface area contributed by atoms with Crippen molar-refractivity contribution in [2.75, 3.05) is 0 Å². The van der Waals surface area contributed by atoms with Crippen molar-refractivity contribution in [2.45, 2.75) is 0 Å². The quantitative estimate of drug-likeness (QED) is 0.766. The minimum atomic E-state index is 0.291. The predicted molar refractivity (Wildman–Crippen MR) is 63.9 cm³/mol. The van der Waals surface area contributed by atoms with E-state index in [2.05, 4.69) is 15.9 Å². The van der Waals surface area contributed by atoms with E-state index in [-0.39, 0.29) is 0 Å². The Kier molecular flexibility index (Phi) is 4.71. The molecule has 0 heterocycles. The first kappa shape index (κ1) is 11.6. The predicted octanol–water partition coefficient (Wildman–Crippen LogP) is 3.55. The summed E-state index contributed by atoms with van der Waals surface area (Å²) >= 11 is 3.20. The van der Waals surface area contributed by atoms with Crippen LogP contribution in [0.5, 0.6) is 11.5 Å². The molecular weight excluding hydrogens is 256 g/mol. The maximum atomic E-state index is 8.78. The van der Waals surface area contributed by atoms with E-state index in [0.29, 0.717) is 11.5 Å². The lowest BCUT2D eigenvalue weighted by atomic mass is 10.3. The lowest BCUT2D eigenvalue weighted by Crippen LogP contribution is -1.61. The fourth-order valence-electron chi connectivity index (χ4n) is 0.904. The van der Waals surface area contributed by atoms with Gasteiger partial charge in [0, 0.05) is 4.47 Å². The molecule has 0 radical (unpaired) electrons. The zero-order valence-corrected chi connectivity index (χ0v) is 9.55. The number of rotatable bonds is 0. The van der Waals surface area contributed by atoms with Crippen LogP contribution in [0, 0.1) is 0 Å². The van der Waals surface area contributed by atoms with Gasteiger partial charge < -0.3 is 10.2 Å². The van der Waals surface area contributed by atoms with E-state index in [9.17, 15) is 0 Å². The third-order valence-corrected chi connectivity index (χ3v) is 2.06. The molecule has 2 aromatic carbocycles. The van der Waals surface area contributed by atoms with Gasteiger partial charge >= 0.3 is 0 Å². The van der Waals surface area contributed by atoms with Crippen molar-refractivity contribution in [3.05, 3.63) is 59.1 Å². The molecule has 0 saturated carbocycles. The molecule has 2 nitrogen and oxygen atoms in total. The lowest BCUT2D eigenvalue weighted by Gasteiger charge is -1.88. The molecule has 0 bridgehead atoms. The summed E-state index contributed by atoms with van der Waals surface area (Å²) in [6.07, 6.45) is 0. The number of halogens is 1. The molecule has 0 aliphatic carbocycles. The number of hydrogen-bond donors (Lipinski definition) is 2. The standard InChI is InChI=1S/C6H5BrO.C6H6O/c7-5-2-1-3-6(8)4-5;7-6-4-2-1-3-5-6/h1-4,8H;1-5,7H. The van der Waals surface area contributed by atoms with Crippen molar-refractivity contribution in [3.8, 4) is 11.5 Å². The van der Waals surface area contributed by atoms with Crippen LogP contribution in [0.25, 0.3) is 0 Å². The highest BCUT2D eigenvalue weighted by Crippen LogP contribution is 2.15. The molecule has 2 N–H and O–H groups in total. The first-order chi connectivity index (χ1) is 7.18. The van der Waals surface area contributed by atoms with E-state index < -0.39 is 0 Å². The molecule has 78 valence electrons. The van der Waals surface area contributed by atoms with Crippen molar-refractivity contribution in [1.82, 2.24) is 0 Å². The third-order valence-electron chi connectivity index (χ3n) is 1.56. The number of para-hydroxylation sites is 1. The molecule has 0 atom stereocenters. The summed E-state index contributed by atoms with van der Waals surface area (Å²) in [5, 5.41) is 17.4. The van der Waals surface area contributed by atoms with Gasteiger partial charge in [-0.05, 0) is 30.3 Å². The van der Waals surface area contributed by atoms with Crippen molar-refractivity contribution in [1.29, 1.82) is 0 Å². The van der Waals surface area contributed by atoms with Gasteiger partial charge in [-0.25, -0.2) is 0 Å². The van der Waals surface area contributed by atoms with Crippen LogP contribution in [0.2, 0.25) is 0 Å². The molecule has 0 amide bonds. The van der Waals surface area contributed by atoms with E-state index in [1.165, 1.54) is 0 Å². The largest absolute Gasteiger partial charge is 0.508 e. The van der Waals surface area contributed by atoms with E-state index in [0.717, 1.165) is 4.47 Å². The van der Waals surface area contributed by atoms with Crippen LogP contribution in [0.15, 0.2) is 59.1 Å². The topological polar surface area (TPSA) is 40.5 Å². The van der Waals surface area contributed by atoms with Crippen molar-refractivity contribution in [2.24, 2.45) is 0 Å². The van der Waals surface area contributed by atoms with Crippen LogP contribution in [-0.4, -0.2) is 10.2 Å². The Hall–Kier alpha value is -1.48. The second kappa shape index (κ2) is 6.09. The Morgan fingerprint density at radius 1 is 0.733 bits per heavy atom. The Morgan fingerprint density at radius 3 is 1.67 bits per heavy atom. The van der Waals surface area contributed by atoms with Gasteiger partial charge in [-0.1, -0.05) is 40.2 Å². The second-order valence-electron chi connectivity index (χ2n) is 2.82. The number of aromatic hydroxyl groups is 2. The van der Waals surface area contributed by atoms with E-state index >= 15 is 0 Å². The average molecular weight is 267 g/mol. The van der Waals surface area contributed by atoms with Gasteiger partial charge in [0.2, 0.25) is 0 Å². The highest BCUT2D eigenvalue weighted by molar-refractivity contribution is 9.10. The minimum Gasteiger partial charge on any atom is -0.508 e. The Balaban J connectivity index is 0.000000151. The van der Waals surface area contributed by atoms with E-state index in [4.69, 9.17) is 10.2 Å². The molecule has 0 aliphatic rings. The Bertz CT molecular complexity index is 384. The van der Waals surface area contributed by atoms with Crippen LogP contribution in [0.1, 0.15) is 0 Å². The van der Waals surface area contributed by atoms with Gasteiger partial charge in [0.15, 0.2) is 0 Å². The first-order valence-corrected chi connectivity index (χ1v) is 5.16. The third kappa shape index (κ3) is 5.08. The van der Waals surface area contributed by atoms with Gasteiger partial charge in [0.25, 0.3) is 0 Å². The summed E-state index contributed by atoms with van der Waals surface area (Å²) in [7, 11) is 0. The number of phenols is 2. The van der Waals surface area contributed by atoms with Crippen molar-refractivity contribution < 1.29 is 10.2 Å². The Morgan fingerprint density at radius 2 is 1.33 bits per heavy atom. The fraction of sp³-hybridized carbons (Fsp3) is 0. The molecule has 2 aromatic rings. The van der Waals surface area contributed by atoms with Gasteiger partial charge in [-0.3, -0.25) is 0 Å². The van der Waals surface area contributed by atoms with Gasteiger partial charge in [-0.15, -0.1) is 0 Å². The van der Waals surface area contributed by atoms with Crippen molar-refractivity contribution >= 4 is 15.9 Å². The summed E-state index contributed by atoms with van der Waals surface area (Å²) < 4.78 is 0.900. The summed E-state index contributed by atoms with van der Waals surface area (Å²) in [5.74, 6) is 0.613. The lowest BCUT2D eigenvalue weighted by molar-refractivity contribution is 0.474. The molecule has 0 saturated heterocycles. The van der Waals surface area contributed by atoms with E-state index in [1.807, 2.05) is 12.1 Å². The second-order valence-corrected chi connectivity index (χ2v) is 3.73. The highest BCUT2D eigenvalue weighted by atomic mass is 79.9. The molecular formula is C12H11BrO2. The van der Waals surface area contributed by atoms with Gasteiger partial charge in [0.1, 0.15) is 11.5 Å². The maximum absolute atomic E-state index is 8.78. The molecule has 0 unspecified atom stereocenters. The molecule has 2 rings (SSSR count). The SMILES string of the molecule is Oc1cccc(Br)c1.Oc1ccccc1.